The Bertz CT molecular complexity index is 947. The van der Waals surface area contributed by atoms with E-state index in [1.807, 2.05) is 30.3 Å². The fourth-order valence-corrected chi connectivity index (χ4v) is 2.81. The van der Waals surface area contributed by atoms with Gasteiger partial charge >= 0.3 is 6.09 Å². The van der Waals surface area contributed by atoms with Crippen molar-refractivity contribution in [3.05, 3.63) is 46.5 Å². The summed E-state index contributed by atoms with van der Waals surface area (Å²) in [6.45, 7) is 8.99. The standard InChI is InChI=1S/C21H31N5O4S/c1-20(2,3)30-19(28)23-21(4,5)17(27)22-15(16-24-25-18(31)26(16)6)13-29-12-14-10-8-7-9-11-14/h7-11,15H,12-13H2,1-6H3,(H,22,27)(H,23,28)(H,25,31)/t15-/m1/s1. The number of hydrogen-bond donors (Lipinski definition) is 3. The van der Waals surface area contributed by atoms with Crippen LogP contribution in [0.25, 0.3) is 0 Å². The highest BCUT2D eigenvalue weighted by Gasteiger charge is 2.34. The molecule has 2 amide bonds. The molecule has 2 aromatic rings. The Labute approximate surface area is 187 Å². The van der Waals surface area contributed by atoms with Gasteiger partial charge in [0, 0.05) is 7.05 Å². The van der Waals surface area contributed by atoms with E-state index in [9.17, 15) is 9.59 Å². The molecule has 0 fully saturated rings. The van der Waals surface area contributed by atoms with Crippen LogP contribution in [0, 0.1) is 4.77 Å². The maximum Gasteiger partial charge on any atom is 0.408 e. The number of carbonyl (C=O) groups is 2. The summed E-state index contributed by atoms with van der Waals surface area (Å²) in [6.07, 6.45) is -0.678. The molecule has 1 aromatic heterocycles. The first-order valence-corrected chi connectivity index (χ1v) is 10.3. The fourth-order valence-electron chi connectivity index (χ4n) is 2.67. The first kappa shape index (κ1) is 24.5. The lowest BCUT2D eigenvalue weighted by Gasteiger charge is -2.29. The maximum atomic E-state index is 13.0. The van der Waals surface area contributed by atoms with Crippen LogP contribution in [0.2, 0.25) is 0 Å². The Hall–Kier alpha value is -2.72. The van der Waals surface area contributed by atoms with Gasteiger partial charge in [0.25, 0.3) is 0 Å². The minimum absolute atomic E-state index is 0.163. The molecule has 31 heavy (non-hydrogen) atoms. The quantitative estimate of drug-likeness (QED) is 0.534. The molecule has 0 spiro atoms. The molecule has 1 aromatic carbocycles. The Morgan fingerprint density at radius 2 is 1.84 bits per heavy atom. The van der Waals surface area contributed by atoms with Crippen LogP contribution < -0.4 is 10.6 Å². The lowest BCUT2D eigenvalue weighted by Crippen LogP contribution is -2.56. The van der Waals surface area contributed by atoms with Gasteiger partial charge in [-0.1, -0.05) is 30.3 Å². The predicted octanol–water partition coefficient (Wildman–Crippen LogP) is 3.16. The lowest BCUT2D eigenvalue weighted by atomic mass is 10.0. The van der Waals surface area contributed by atoms with Crippen molar-refractivity contribution in [3.63, 3.8) is 0 Å². The summed E-state index contributed by atoms with van der Waals surface area (Å²) < 4.78 is 13.2. The molecule has 0 unspecified atom stereocenters. The number of hydrogen-bond acceptors (Lipinski definition) is 6. The van der Waals surface area contributed by atoms with Crippen LogP contribution in [-0.2, 0) is 27.9 Å². The molecular weight excluding hydrogens is 418 g/mol. The molecule has 10 heteroatoms. The normalized spacial score (nSPS) is 12.8. The number of nitrogens with one attached hydrogen (secondary N) is 3. The van der Waals surface area contributed by atoms with E-state index in [4.69, 9.17) is 21.7 Å². The largest absolute Gasteiger partial charge is 0.444 e. The average Bonchev–Trinajstić information content (AvgIpc) is 2.98. The Morgan fingerprint density at radius 3 is 2.39 bits per heavy atom. The van der Waals surface area contributed by atoms with Gasteiger partial charge in [-0.25, -0.2) is 4.79 Å². The van der Waals surface area contributed by atoms with Crippen molar-refractivity contribution in [3.8, 4) is 0 Å². The lowest BCUT2D eigenvalue weighted by molar-refractivity contribution is -0.127. The minimum Gasteiger partial charge on any atom is -0.444 e. The van der Waals surface area contributed by atoms with Crippen LogP contribution in [0.4, 0.5) is 4.79 Å². The van der Waals surface area contributed by atoms with Gasteiger partial charge in [-0.3, -0.25) is 9.89 Å². The zero-order valence-corrected chi connectivity index (χ0v) is 19.6. The fraction of sp³-hybridized carbons (Fsp3) is 0.524. The van der Waals surface area contributed by atoms with Crippen molar-refractivity contribution in [2.24, 2.45) is 7.05 Å². The van der Waals surface area contributed by atoms with E-state index in [-0.39, 0.29) is 6.61 Å². The highest BCUT2D eigenvalue weighted by atomic mass is 32.1. The third kappa shape index (κ3) is 7.48. The molecule has 0 aliphatic carbocycles. The summed E-state index contributed by atoms with van der Waals surface area (Å²) in [5.41, 5.74) is -0.895. The molecule has 0 radical (unpaired) electrons. The minimum atomic E-state index is -1.23. The van der Waals surface area contributed by atoms with Crippen LogP contribution in [0.3, 0.4) is 0 Å². The summed E-state index contributed by atoms with van der Waals surface area (Å²) in [5, 5.41) is 12.4. The zero-order chi connectivity index (χ0) is 23.2. The van der Waals surface area contributed by atoms with Gasteiger partial charge < -0.3 is 24.7 Å². The molecule has 0 aliphatic rings. The highest BCUT2D eigenvalue weighted by molar-refractivity contribution is 7.71. The number of carbonyl (C=O) groups excluding carboxylic acids is 2. The monoisotopic (exact) mass is 449 g/mol. The second kappa shape index (κ2) is 10.1. The van der Waals surface area contributed by atoms with E-state index in [1.54, 1.807) is 46.2 Å². The molecule has 0 aliphatic heterocycles. The smallest absolute Gasteiger partial charge is 0.408 e. The van der Waals surface area contributed by atoms with Gasteiger partial charge in [-0.2, -0.15) is 5.10 Å². The SMILES string of the molecule is Cn1c([C@@H](COCc2ccccc2)NC(=O)C(C)(C)NC(=O)OC(C)(C)C)n[nH]c1=S. The number of aromatic amines is 1. The summed E-state index contributed by atoms with van der Waals surface area (Å²) >= 11 is 5.19. The zero-order valence-electron chi connectivity index (χ0n) is 18.8. The van der Waals surface area contributed by atoms with Crippen LogP contribution in [0.15, 0.2) is 30.3 Å². The van der Waals surface area contributed by atoms with Gasteiger partial charge in [-0.05, 0) is 52.4 Å². The van der Waals surface area contributed by atoms with Crippen molar-refractivity contribution in [1.29, 1.82) is 0 Å². The Kier molecular flexibility index (Phi) is 7.96. The Morgan fingerprint density at radius 1 is 1.19 bits per heavy atom. The van der Waals surface area contributed by atoms with Crippen molar-refractivity contribution in [2.45, 2.75) is 58.4 Å². The molecule has 0 saturated carbocycles. The molecule has 1 atom stereocenters. The van der Waals surface area contributed by atoms with Crippen LogP contribution in [-0.4, -0.2) is 44.5 Å². The van der Waals surface area contributed by atoms with Crippen LogP contribution >= 0.6 is 12.2 Å². The van der Waals surface area contributed by atoms with E-state index in [2.05, 4.69) is 20.8 Å². The molecule has 0 saturated heterocycles. The van der Waals surface area contributed by atoms with Gasteiger partial charge in [0.05, 0.1) is 13.2 Å². The third-order valence-electron chi connectivity index (χ3n) is 4.31. The maximum absolute atomic E-state index is 13.0. The predicted molar refractivity (Wildman–Crippen MR) is 119 cm³/mol. The van der Waals surface area contributed by atoms with Gasteiger partial charge in [-0.15, -0.1) is 0 Å². The van der Waals surface area contributed by atoms with E-state index in [0.29, 0.717) is 17.2 Å². The number of benzene rings is 1. The molecule has 0 bridgehead atoms. The number of rotatable bonds is 8. The summed E-state index contributed by atoms with van der Waals surface area (Å²) in [4.78, 5) is 25.1. The molecule has 170 valence electrons. The van der Waals surface area contributed by atoms with Crippen LogP contribution in [0.1, 0.15) is 52.0 Å². The van der Waals surface area contributed by atoms with Gasteiger partial charge in [0.2, 0.25) is 5.91 Å². The number of aromatic nitrogens is 3. The first-order chi connectivity index (χ1) is 14.4. The van der Waals surface area contributed by atoms with E-state index in [0.717, 1.165) is 5.56 Å². The topological polar surface area (TPSA) is 110 Å². The molecule has 1 heterocycles. The number of alkyl carbamates (subject to hydrolysis) is 1. The Balaban J connectivity index is 2.10. The highest BCUT2D eigenvalue weighted by Crippen LogP contribution is 2.15. The summed E-state index contributed by atoms with van der Waals surface area (Å²) in [5.74, 6) is 0.0973. The second-order valence-corrected chi connectivity index (χ2v) is 9.11. The van der Waals surface area contributed by atoms with E-state index < -0.39 is 29.2 Å². The van der Waals surface area contributed by atoms with Gasteiger partial charge in [0.15, 0.2) is 10.6 Å². The van der Waals surface area contributed by atoms with Crippen molar-refractivity contribution in [2.75, 3.05) is 6.61 Å². The van der Waals surface area contributed by atoms with Crippen molar-refractivity contribution in [1.82, 2.24) is 25.4 Å². The van der Waals surface area contributed by atoms with Gasteiger partial charge in [0.1, 0.15) is 17.2 Å². The number of nitrogens with zero attached hydrogens (tertiary/aromatic N) is 2. The van der Waals surface area contributed by atoms with Crippen molar-refractivity contribution >= 4 is 24.2 Å². The molecule has 9 nitrogen and oxygen atoms in total. The van der Waals surface area contributed by atoms with Crippen LogP contribution in [0.5, 0.6) is 0 Å². The number of ether oxygens (including phenoxy) is 2. The molecule has 3 N–H and O–H groups in total. The first-order valence-electron chi connectivity index (χ1n) is 9.94. The van der Waals surface area contributed by atoms with E-state index in [1.165, 1.54) is 0 Å². The van der Waals surface area contributed by atoms with E-state index >= 15 is 0 Å². The molecular formula is C21H31N5O4S. The number of amides is 2. The summed E-state index contributed by atoms with van der Waals surface area (Å²) in [6, 6.07) is 9.12. The number of H-pyrrole nitrogens is 1. The van der Waals surface area contributed by atoms with Crippen molar-refractivity contribution < 1.29 is 19.1 Å². The second-order valence-electron chi connectivity index (χ2n) is 8.72. The third-order valence-corrected chi connectivity index (χ3v) is 4.67. The summed E-state index contributed by atoms with van der Waals surface area (Å²) in [7, 11) is 1.75. The average molecular weight is 450 g/mol. The molecule has 2 rings (SSSR count).